The van der Waals surface area contributed by atoms with Crippen LogP contribution in [0.3, 0.4) is 0 Å². The molecule has 22 heavy (non-hydrogen) atoms. The van der Waals surface area contributed by atoms with E-state index in [4.69, 9.17) is 9.16 Å². The van der Waals surface area contributed by atoms with E-state index in [9.17, 15) is 4.79 Å². The van der Waals surface area contributed by atoms with Crippen LogP contribution in [0.5, 0.6) is 0 Å². The largest absolute Gasteiger partial charge is 0.469 e. The average Bonchev–Trinajstić information content (AvgIpc) is 2.36. The molecule has 0 aliphatic rings. The highest BCUT2D eigenvalue weighted by Crippen LogP contribution is 2.38. The van der Waals surface area contributed by atoms with Gasteiger partial charge in [-0.1, -0.05) is 59.1 Å². The molecule has 0 amide bonds. The molecule has 0 aromatic carbocycles. The summed E-state index contributed by atoms with van der Waals surface area (Å²) in [5.74, 6) is -0.218. The molecule has 0 N–H and O–H groups in total. The maximum absolute atomic E-state index is 11.4. The monoisotopic (exact) mass is 328 g/mol. The predicted molar refractivity (Wildman–Crippen MR) is 96.6 cm³/mol. The van der Waals surface area contributed by atoms with Gasteiger partial charge in [0, 0.05) is 6.10 Å². The van der Waals surface area contributed by atoms with Crippen LogP contribution in [0.15, 0.2) is 12.2 Å². The van der Waals surface area contributed by atoms with Gasteiger partial charge in [-0.05, 0) is 31.0 Å². The lowest BCUT2D eigenvalue weighted by molar-refractivity contribution is -0.139. The molecule has 0 heterocycles. The van der Waals surface area contributed by atoms with Crippen molar-refractivity contribution in [3.63, 3.8) is 0 Å². The first kappa shape index (κ1) is 21.4. The van der Waals surface area contributed by atoms with Crippen molar-refractivity contribution < 1.29 is 14.0 Å². The summed E-state index contributed by atoms with van der Waals surface area (Å²) in [4.78, 5) is 11.4. The van der Waals surface area contributed by atoms with Crippen LogP contribution >= 0.6 is 0 Å². The molecule has 0 fully saturated rings. The van der Waals surface area contributed by atoms with Gasteiger partial charge in [0.25, 0.3) is 0 Å². The van der Waals surface area contributed by atoms with Gasteiger partial charge in [-0.15, -0.1) is 0 Å². The minimum atomic E-state index is -1.80. The standard InChI is InChI=1S/C18H36O3Si/c1-9-10-11-12-16(13-15(2)14-17(19)20-6)21-22(7,8)18(3,4)5/h16H,2,9-14H2,1,3-8H3/t16-/m0/s1. The third-order valence-corrected chi connectivity index (χ3v) is 9.07. The number of esters is 1. The average molecular weight is 329 g/mol. The third-order valence-electron chi connectivity index (χ3n) is 4.54. The molecule has 0 aliphatic heterocycles. The van der Waals surface area contributed by atoms with E-state index in [1.165, 1.54) is 26.4 Å². The van der Waals surface area contributed by atoms with Crippen molar-refractivity contribution in [2.24, 2.45) is 0 Å². The Labute approximate surface area is 138 Å². The van der Waals surface area contributed by atoms with Gasteiger partial charge in [0.05, 0.1) is 13.5 Å². The highest BCUT2D eigenvalue weighted by atomic mass is 28.4. The second kappa shape index (κ2) is 9.51. The van der Waals surface area contributed by atoms with Crippen molar-refractivity contribution in [1.29, 1.82) is 0 Å². The molecule has 3 nitrogen and oxygen atoms in total. The normalized spacial score (nSPS) is 13.8. The fourth-order valence-corrected chi connectivity index (χ4v) is 3.48. The van der Waals surface area contributed by atoms with Gasteiger partial charge in [-0.3, -0.25) is 4.79 Å². The summed E-state index contributed by atoms with van der Waals surface area (Å²) in [5.41, 5.74) is 0.909. The van der Waals surface area contributed by atoms with Crippen molar-refractivity contribution in [2.45, 2.75) is 90.5 Å². The molecule has 0 unspecified atom stereocenters. The van der Waals surface area contributed by atoms with Gasteiger partial charge in [0.15, 0.2) is 8.32 Å². The molecular weight excluding hydrogens is 292 g/mol. The summed E-state index contributed by atoms with van der Waals surface area (Å²) in [5, 5.41) is 0.194. The molecule has 0 rings (SSSR count). The van der Waals surface area contributed by atoms with Crippen molar-refractivity contribution in [3.05, 3.63) is 12.2 Å². The summed E-state index contributed by atoms with van der Waals surface area (Å²) in [6, 6.07) is 0. The summed E-state index contributed by atoms with van der Waals surface area (Å²) in [6.07, 6.45) is 5.86. The number of unbranched alkanes of at least 4 members (excludes halogenated alkanes) is 2. The smallest absolute Gasteiger partial charge is 0.309 e. The van der Waals surface area contributed by atoms with Crippen LogP contribution in [0.1, 0.15) is 66.2 Å². The quantitative estimate of drug-likeness (QED) is 0.231. The summed E-state index contributed by atoms with van der Waals surface area (Å²) in [6.45, 7) is 17.6. The molecule has 0 saturated carbocycles. The molecule has 1 atom stereocenters. The van der Waals surface area contributed by atoms with Gasteiger partial charge in [0.1, 0.15) is 0 Å². The fourth-order valence-electron chi connectivity index (χ4n) is 2.09. The van der Waals surface area contributed by atoms with Gasteiger partial charge in [-0.2, -0.15) is 0 Å². The third kappa shape index (κ3) is 8.13. The number of carbonyl (C=O) groups excluding carboxylic acids is 1. The highest BCUT2D eigenvalue weighted by Gasteiger charge is 2.39. The van der Waals surface area contributed by atoms with E-state index in [1.54, 1.807) is 0 Å². The Hall–Kier alpha value is -0.613. The van der Waals surface area contributed by atoms with E-state index in [0.717, 1.165) is 18.4 Å². The summed E-state index contributed by atoms with van der Waals surface area (Å²) in [7, 11) is -0.383. The summed E-state index contributed by atoms with van der Waals surface area (Å²) < 4.78 is 11.3. The lowest BCUT2D eigenvalue weighted by atomic mass is 10.0. The van der Waals surface area contributed by atoms with E-state index in [-0.39, 0.29) is 17.1 Å². The van der Waals surface area contributed by atoms with E-state index in [1.807, 2.05) is 0 Å². The van der Waals surface area contributed by atoms with Crippen LogP contribution in [-0.2, 0) is 14.0 Å². The van der Waals surface area contributed by atoms with Crippen molar-refractivity contribution in [3.8, 4) is 0 Å². The molecule has 0 aromatic rings. The van der Waals surface area contributed by atoms with Crippen LogP contribution in [-0.4, -0.2) is 27.5 Å². The first-order valence-corrected chi connectivity index (χ1v) is 11.4. The second-order valence-corrected chi connectivity index (χ2v) is 12.5. The molecule has 0 aromatic heterocycles. The first-order chi connectivity index (χ1) is 10.0. The van der Waals surface area contributed by atoms with Crippen molar-refractivity contribution >= 4 is 14.3 Å². The zero-order valence-corrected chi connectivity index (χ0v) is 16.8. The summed E-state index contributed by atoms with van der Waals surface area (Å²) >= 11 is 0. The van der Waals surface area contributed by atoms with Crippen molar-refractivity contribution in [2.75, 3.05) is 7.11 Å². The number of methoxy groups -OCH3 is 1. The Morgan fingerprint density at radius 2 is 1.82 bits per heavy atom. The van der Waals surface area contributed by atoms with Crippen molar-refractivity contribution in [1.82, 2.24) is 0 Å². The maximum atomic E-state index is 11.4. The molecule has 0 spiro atoms. The SMILES string of the molecule is C=C(CC(=O)OC)C[C@H](CCCCC)O[Si](C)(C)C(C)(C)C. The van der Waals surface area contributed by atoms with Gasteiger partial charge in [-0.25, -0.2) is 0 Å². The Morgan fingerprint density at radius 1 is 1.23 bits per heavy atom. The minimum Gasteiger partial charge on any atom is -0.469 e. The van der Waals surface area contributed by atoms with Gasteiger partial charge < -0.3 is 9.16 Å². The number of rotatable bonds is 10. The van der Waals surface area contributed by atoms with E-state index in [0.29, 0.717) is 6.42 Å². The minimum absolute atomic E-state index is 0.171. The van der Waals surface area contributed by atoms with Crippen LogP contribution in [0.25, 0.3) is 0 Å². The second-order valence-electron chi connectivity index (χ2n) is 7.70. The molecule has 0 aliphatic carbocycles. The van der Waals surface area contributed by atoms with Crippen LogP contribution in [0.4, 0.5) is 0 Å². The number of carbonyl (C=O) groups is 1. The van der Waals surface area contributed by atoms with Crippen LogP contribution in [0, 0.1) is 0 Å². The number of ether oxygens (including phenoxy) is 1. The number of hydrogen-bond donors (Lipinski definition) is 0. The molecule has 0 bridgehead atoms. The molecular formula is C18H36O3Si. The van der Waals surface area contributed by atoms with E-state index in [2.05, 4.69) is 47.4 Å². The Bertz CT molecular complexity index is 356. The molecule has 0 radical (unpaired) electrons. The zero-order chi connectivity index (χ0) is 17.4. The van der Waals surface area contributed by atoms with Crippen LogP contribution in [0.2, 0.25) is 18.1 Å². The lowest BCUT2D eigenvalue weighted by Gasteiger charge is -2.39. The molecule has 4 heteroatoms. The Kier molecular flexibility index (Phi) is 9.24. The fraction of sp³-hybridized carbons (Fsp3) is 0.833. The lowest BCUT2D eigenvalue weighted by Crippen LogP contribution is -2.44. The van der Waals surface area contributed by atoms with Gasteiger partial charge in [0.2, 0.25) is 0 Å². The molecule has 130 valence electrons. The zero-order valence-electron chi connectivity index (χ0n) is 15.8. The molecule has 0 saturated heterocycles. The number of hydrogen-bond acceptors (Lipinski definition) is 3. The van der Waals surface area contributed by atoms with Gasteiger partial charge >= 0.3 is 5.97 Å². The Morgan fingerprint density at radius 3 is 2.27 bits per heavy atom. The predicted octanol–water partition coefficient (Wildman–Crippen LogP) is 5.47. The highest BCUT2D eigenvalue weighted by molar-refractivity contribution is 6.74. The van der Waals surface area contributed by atoms with E-state index < -0.39 is 8.32 Å². The van der Waals surface area contributed by atoms with Crippen LogP contribution < -0.4 is 0 Å². The topological polar surface area (TPSA) is 35.5 Å². The maximum Gasteiger partial charge on any atom is 0.309 e. The van der Waals surface area contributed by atoms with E-state index >= 15 is 0 Å². The Balaban J connectivity index is 4.75. The first-order valence-electron chi connectivity index (χ1n) is 8.44.